The molecule has 1 aromatic rings. The van der Waals surface area contributed by atoms with Crippen LogP contribution in [0.3, 0.4) is 0 Å². The first-order valence-electron chi connectivity index (χ1n) is 4.74. The van der Waals surface area contributed by atoms with E-state index < -0.39 is 11.8 Å². The number of benzene rings is 1. The lowest BCUT2D eigenvalue weighted by Gasteiger charge is -2.09. The van der Waals surface area contributed by atoms with E-state index in [1.165, 1.54) is 0 Å². The number of hydrogen-bond acceptors (Lipinski definition) is 2. The van der Waals surface area contributed by atoms with E-state index in [1.807, 2.05) is 18.2 Å². The van der Waals surface area contributed by atoms with Crippen LogP contribution in [0.25, 0.3) is 0 Å². The molecule has 0 aliphatic heterocycles. The van der Waals surface area contributed by atoms with Gasteiger partial charge in [0.2, 0.25) is 11.8 Å². The zero-order chi connectivity index (χ0) is 11.3. The highest BCUT2D eigenvalue weighted by Crippen LogP contribution is 2.09. The molecule has 4 heteroatoms. The quantitative estimate of drug-likeness (QED) is 0.775. The number of carbonyl (C=O) groups excluding carboxylic acids is 2. The second kappa shape index (κ2) is 5.14. The van der Waals surface area contributed by atoms with E-state index in [2.05, 4.69) is 5.32 Å². The minimum absolute atomic E-state index is 0.0681. The second-order valence-corrected chi connectivity index (χ2v) is 3.43. The standard InChI is InChI=1S/C11H14N2O2/c1-8(7-10(12)14)11(15)13-9-5-3-2-4-6-9/h2-6,8H,7H2,1H3,(H2,12,14)(H,13,15). The first-order valence-corrected chi connectivity index (χ1v) is 4.74. The zero-order valence-electron chi connectivity index (χ0n) is 8.57. The fourth-order valence-corrected chi connectivity index (χ4v) is 1.18. The third-order valence-corrected chi connectivity index (χ3v) is 2.00. The van der Waals surface area contributed by atoms with Crippen LogP contribution in [0.4, 0.5) is 5.69 Å². The lowest BCUT2D eigenvalue weighted by Crippen LogP contribution is -2.25. The van der Waals surface area contributed by atoms with Crippen LogP contribution in [0, 0.1) is 5.92 Å². The first-order chi connectivity index (χ1) is 7.09. The molecule has 0 saturated heterocycles. The molecule has 4 nitrogen and oxygen atoms in total. The zero-order valence-corrected chi connectivity index (χ0v) is 8.57. The van der Waals surface area contributed by atoms with Crippen LogP contribution >= 0.6 is 0 Å². The molecule has 0 aromatic heterocycles. The highest BCUT2D eigenvalue weighted by atomic mass is 16.2. The topological polar surface area (TPSA) is 72.2 Å². The minimum Gasteiger partial charge on any atom is -0.370 e. The highest BCUT2D eigenvalue weighted by Gasteiger charge is 2.14. The van der Waals surface area contributed by atoms with E-state index >= 15 is 0 Å². The van der Waals surface area contributed by atoms with Crippen molar-refractivity contribution in [2.24, 2.45) is 11.7 Å². The summed E-state index contributed by atoms with van der Waals surface area (Å²) in [4.78, 5) is 22.1. The summed E-state index contributed by atoms with van der Waals surface area (Å²) in [6.45, 7) is 1.67. The lowest BCUT2D eigenvalue weighted by molar-refractivity contribution is -0.125. The number of anilines is 1. The van der Waals surface area contributed by atoms with Gasteiger partial charge in [-0.25, -0.2) is 0 Å². The van der Waals surface area contributed by atoms with Crippen molar-refractivity contribution in [3.8, 4) is 0 Å². The molecule has 0 bridgehead atoms. The number of rotatable bonds is 4. The normalized spacial score (nSPS) is 11.8. The average Bonchev–Trinajstić information content (AvgIpc) is 2.18. The second-order valence-electron chi connectivity index (χ2n) is 3.43. The van der Waals surface area contributed by atoms with Crippen LogP contribution in [0.1, 0.15) is 13.3 Å². The Labute approximate surface area is 88.5 Å². The molecule has 80 valence electrons. The Hall–Kier alpha value is -1.84. The van der Waals surface area contributed by atoms with Crippen molar-refractivity contribution in [1.82, 2.24) is 0 Å². The Balaban J connectivity index is 2.52. The van der Waals surface area contributed by atoms with E-state index in [4.69, 9.17) is 5.73 Å². The maximum absolute atomic E-state index is 11.5. The number of para-hydroxylation sites is 1. The summed E-state index contributed by atoms with van der Waals surface area (Å²) in [5, 5.41) is 2.70. The molecule has 0 saturated carbocycles. The number of carbonyl (C=O) groups is 2. The molecule has 2 amide bonds. The maximum Gasteiger partial charge on any atom is 0.227 e. The largest absolute Gasteiger partial charge is 0.370 e. The van der Waals surface area contributed by atoms with Gasteiger partial charge in [-0.1, -0.05) is 25.1 Å². The average molecular weight is 206 g/mol. The van der Waals surface area contributed by atoms with Crippen LogP contribution in [0.2, 0.25) is 0 Å². The van der Waals surface area contributed by atoms with Crippen LogP contribution in [-0.2, 0) is 9.59 Å². The summed E-state index contributed by atoms with van der Waals surface area (Å²) in [6.07, 6.45) is 0.0681. The van der Waals surface area contributed by atoms with Crippen molar-refractivity contribution in [2.45, 2.75) is 13.3 Å². The number of primary amides is 1. The monoisotopic (exact) mass is 206 g/mol. The molecule has 0 aliphatic rings. The fourth-order valence-electron chi connectivity index (χ4n) is 1.18. The van der Waals surface area contributed by atoms with E-state index in [-0.39, 0.29) is 12.3 Å². The van der Waals surface area contributed by atoms with Gasteiger partial charge >= 0.3 is 0 Å². The predicted molar refractivity (Wildman–Crippen MR) is 58.0 cm³/mol. The van der Waals surface area contributed by atoms with Gasteiger partial charge < -0.3 is 11.1 Å². The van der Waals surface area contributed by atoms with Gasteiger partial charge in [-0.2, -0.15) is 0 Å². The van der Waals surface area contributed by atoms with Crippen LogP contribution < -0.4 is 11.1 Å². The van der Waals surface area contributed by atoms with Gasteiger partial charge in [-0.3, -0.25) is 9.59 Å². The number of nitrogens with one attached hydrogen (secondary N) is 1. The highest BCUT2D eigenvalue weighted by molar-refractivity contribution is 5.94. The Morgan fingerprint density at radius 3 is 2.47 bits per heavy atom. The number of hydrogen-bond donors (Lipinski definition) is 2. The molecular formula is C11H14N2O2. The van der Waals surface area contributed by atoms with Crippen molar-refractivity contribution in [1.29, 1.82) is 0 Å². The number of amides is 2. The van der Waals surface area contributed by atoms with Gasteiger partial charge in [0.05, 0.1) is 0 Å². The Kier molecular flexibility index (Phi) is 3.85. The summed E-state index contributed by atoms with van der Waals surface area (Å²) >= 11 is 0. The maximum atomic E-state index is 11.5. The van der Waals surface area contributed by atoms with Gasteiger partial charge in [0, 0.05) is 18.0 Å². The van der Waals surface area contributed by atoms with Crippen molar-refractivity contribution in [3.05, 3.63) is 30.3 Å². The molecular weight excluding hydrogens is 192 g/mol. The smallest absolute Gasteiger partial charge is 0.227 e. The third kappa shape index (κ3) is 3.81. The number of nitrogens with two attached hydrogens (primary N) is 1. The van der Waals surface area contributed by atoms with Crippen LogP contribution in [0.15, 0.2) is 30.3 Å². The van der Waals surface area contributed by atoms with E-state index in [0.717, 1.165) is 5.69 Å². The van der Waals surface area contributed by atoms with E-state index in [1.54, 1.807) is 19.1 Å². The molecule has 15 heavy (non-hydrogen) atoms. The van der Waals surface area contributed by atoms with Gasteiger partial charge in [-0.15, -0.1) is 0 Å². The summed E-state index contributed by atoms with van der Waals surface area (Å²) in [5.74, 6) is -1.06. The molecule has 0 heterocycles. The van der Waals surface area contributed by atoms with Crippen LogP contribution in [-0.4, -0.2) is 11.8 Å². The fraction of sp³-hybridized carbons (Fsp3) is 0.273. The Bertz CT molecular complexity index is 349. The van der Waals surface area contributed by atoms with Crippen molar-refractivity contribution in [2.75, 3.05) is 5.32 Å². The van der Waals surface area contributed by atoms with Gasteiger partial charge in [0.15, 0.2) is 0 Å². The summed E-state index contributed by atoms with van der Waals surface area (Å²) in [7, 11) is 0. The summed E-state index contributed by atoms with van der Waals surface area (Å²) in [6, 6.07) is 9.09. The summed E-state index contributed by atoms with van der Waals surface area (Å²) in [5.41, 5.74) is 5.73. The van der Waals surface area contributed by atoms with E-state index in [9.17, 15) is 9.59 Å². The molecule has 0 fully saturated rings. The van der Waals surface area contributed by atoms with Gasteiger partial charge in [0.1, 0.15) is 0 Å². The minimum atomic E-state index is -0.467. The predicted octanol–water partition coefficient (Wildman–Crippen LogP) is 1.14. The molecule has 1 rings (SSSR count). The summed E-state index contributed by atoms with van der Waals surface area (Å²) < 4.78 is 0. The molecule has 3 N–H and O–H groups in total. The van der Waals surface area contributed by atoms with Crippen molar-refractivity contribution < 1.29 is 9.59 Å². The first kappa shape index (κ1) is 11.2. The lowest BCUT2D eigenvalue weighted by atomic mass is 10.1. The van der Waals surface area contributed by atoms with Crippen molar-refractivity contribution in [3.63, 3.8) is 0 Å². The third-order valence-electron chi connectivity index (χ3n) is 2.00. The molecule has 0 spiro atoms. The molecule has 1 aromatic carbocycles. The molecule has 1 atom stereocenters. The SMILES string of the molecule is CC(CC(N)=O)C(=O)Nc1ccccc1. The Morgan fingerprint density at radius 2 is 1.93 bits per heavy atom. The molecule has 1 unspecified atom stereocenters. The van der Waals surface area contributed by atoms with Gasteiger partial charge in [-0.05, 0) is 12.1 Å². The van der Waals surface area contributed by atoms with E-state index in [0.29, 0.717) is 0 Å². The van der Waals surface area contributed by atoms with Gasteiger partial charge in [0.25, 0.3) is 0 Å². The van der Waals surface area contributed by atoms with Crippen molar-refractivity contribution >= 4 is 17.5 Å². The molecule has 0 radical (unpaired) electrons. The molecule has 0 aliphatic carbocycles. The van der Waals surface area contributed by atoms with Crippen LogP contribution in [0.5, 0.6) is 0 Å². The Morgan fingerprint density at radius 1 is 1.33 bits per heavy atom.